The van der Waals surface area contributed by atoms with Crippen molar-refractivity contribution in [3.63, 3.8) is 0 Å². The second kappa shape index (κ2) is 5.92. The number of aromatic carboxylic acids is 2. The second-order valence-electron chi connectivity index (χ2n) is 3.70. The zero-order chi connectivity index (χ0) is 21.5. The fourth-order valence-corrected chi connectivity index (χ4v) is 1.29. The summed E-state index contributed by atoms with van der Waals surface area (Å²) in [6, 6.07) is -5.63. The first-order valence-electron chi connectivity index (χ1n) is 8.45. The molecule has 0 bridgehead atoms. The SMILES string of the molecule is [2H]c1c([2H])c(N=Nc2c([2H])c([2H])c(O)c(C(=O)O)c2[2H])c([2H])c(C(=O)O)c1O. The Morgan fingerprint density at radius 2 is 1.18 bits per heavy atom. The highest BCUT2D eigenvalue weighted by molar-refractivity contribution is 5.92. The highest BCUT2D eigenvalue weighted by Gasteiger charge is 2.11. The Balaban J connectivity index is 2.79. The number of rotatable bonds is 4. The van der Waals surface area contributed by atoms with Gasteiger partial charge in [-0.3, -0.25) is 0 Å². The molecule has 2 rings (SSSR count). The summed E-state index contributed by atoms with van der Waals surface area (Å²) in [5.74, 6) is -5.81. The molecule has 0 aliphatic rings. The van der Waals surface area contributed by atoms with Crippen LogP contribution in [0.15, 0.2) is 46.5 Å². The highest BCUT2D eigenvalue weighted by Crippen LogP contribution is 2.27. The molecule has 0 spiro atoms. The van der Waals surface area contributed by atoms with Crippen LogP contribution in [0.3, 0.4) is 0 Å². The maximum Gasteiger partial charge on any atom is 0.339 e. The number of carboxylic acids is 2. The van der Waals surface area contributed by atoms with Gasteiger partial charge in [0.05, 0.1) is 19.6 Å². The maximum absolute atomic E-state index is 11.2. The number of hydrogen-bond donors (Lipinski definition) is 4. The first-order chi connectivity index (χ1) is 12.9. The van der Waals surface area contributed by atoms with E-state index in [1.807, 2.05) is 0 Å². The summed E-state index contributed by atoms with van der Waals surface area (Å²) in [5.41, 5.74) is -3.64. The van der Waals surface area contributed by atoms with E-state index in [0.29, 0.717) is 0 Å². The van der Waals surface area contributed by atoms with Crippen LogP contribution >= 0.6 is 0 Å². The van der Waals surface area contributed by atoms with Gasteiger partial charge < -0.3 is 20.4 Å². The minimum Gasteiger partial charge on any atom is -0.507 e. The van der Waals surface area contributed by atoms with Crippen molar-refractivity contribution in [3.05, 3.63) is 47.4 Å². The van der Waals surface area contributed by atoms with Gasteiger partial charge in [-0.25, -0.2) is 9.59 Å². The quantitative estimate of drug-likeness (QED) is 0.640. The molecule has 0 saturated heterocycles. The molecular weight excluding hydrogens is 292 g/mol. The van der Waals surface area contributed by atoms with Gasteiger partial charge in [-0.05, 0) is 36.3 Å². The Kier molecular flexibility index (Phi) is 2.36. The number of phenols is 2. The Bertz CT molecular complexity index is 988. The summed E-state index contributed by atoms with van der Waals surface area (Å²) < 4.78 is 46.0. The molecule has 8 nitrogen and oxygen atoms in total. The van der Waals surface area contributed by atoms with Crippen molar-refractivity contribution in [1.29, 1.82) is 0 Å². The van der Waals surface area contributed by atoms with E-state index >= 15 is 0 Å². The Hall–Kier alpha value is -3.42. The molecule has 0 aliphatic heterocycles. The van der Waals surface area contributed by atoms with Crippen LogP contribution in [0.25, 0.3) is 0 Å². The lowest BCUT2D eigenvalue weighted by molar-refractivity contribution is 0.0682. The van der Waals surface area contributed by atoms with Crippen LogP contribution in [0.1, 0.15) is 28.9 Å². The molecule has 4 N–H and O–H groups in total. The van der Waals surface area contributed by atoms with E-state index in [2.05, 4.69) is 10.2 Å². The minimum absolute atomic E-state index is 0.796. The molecule has 8 heteroatoms. The summed E-state index contributed by atoms with van der Waals surface area (Å²) >= 11 is 0. The van der Waals surface area contributed by atoms with Crippen molar-refractivity contribution < 1.29 is 38.2 Å². The summed E-state index contributed by atoms with van der Waals surface area (Å²) in [7, 11) is 0. The van der Waals surface area contributed by atoms with Crippen LogP contribution in [0.5, 0.6) is 11.5 Å². The standard InChI is InChI=1S/C14H10N2O6/c17-11-3-1-7(5-9(11)13(19)20)15-16-8-2-4-12(18)10(6-8)14(21)22/h1-6,17-18H,(H,19,20)(H,21,22)/i1D,2D,3D,4D,5D,6D. The molecular formula is C14H10N2O6. The van der Waals surface area contributed by atoms with Gasteiger partial charge in [0, 0.05) is 0 Å². The van der Waals surface area contributed by atoms with Crippen LogP contribution in [0, 0.1) is 0 Å². The molecule has 22 heavy (non-hydrogen) atoms. The van der Waals surface area contributed by atoms with Crippen molar-refractivity contribution >= 4 is 23.3 Å². The molecule has 0 amide bonds. The first kappa shape index (κ1) is 8.78. The molecule has 0 saturated carbocycles. The van der Waals surface area contributed by atoms with Crippen LogP contribution in [0.4, 0.5) is 11.4 Å². The number of nitrogens with zero attached hydrogens (tertiary/aromatic N) is 2. The van der Waals surface area contributed by atoms with Crippen LogP contribution in [-0.2, 0) is 0 Å². The van der Waals surface area contributed by atoms with Gasteiger partial charge in [0.1, 0.15) is 22.6 Å². The van der Waals surface area contributed by atoms with Gasteiger partial charge in [0.15, 0.2) is 0 Å². The number of carboxylic acid groups (broad SMARTS) is 2. The zero-order valence-electron chi connectivity index (χ0n) is 16.5. The van der Waals surface area contributed by atoms with Gasteiger partial charge in [-0.1, -0.05) is 0 Å². The Morgan fingerprint density at radius 1 is 0.818 bits per heavy atom. The van der Waals surface area contributed by atoms with E-state index < -0.39 is 82.2 Å². The van der Waals surface area contributed by atoms with Gasteiger partial charge in [-0.15, -0.1) is 0 Å². The summed E-state index contributed by atoms with van der Waals surface area (Å²) in [5, 5.41) is 44.1. The van der Waals surface area contributed by atoms with Crippen LogP contribution in [0.2, 0.25) is 0 Å². The zero-order valence-corrected chi connectivity index (χ0v) is 10.5. The van der Waals surface area contributed by atoms with Crippen LogP contribution in [-0.4, -0.2) is 32.4 Å². The molecule has 0 radical (unpaired) electrons. The molecule has 0 heterocycles. The van der Waals surface area contributed by atoms with E-state index in [4.69, 9.17) is 18.4 Å². The van der Waals surface area contributed by atoms with Gasteiger partial charge >= 0.3 is 11.9 Å². The second-order valence-corrected chi connectivity index (χ2v) is 3.70. The van der Waals surface area contributed by atoms with Crippen molar-refractivity contribution in [2.75, 3.05) is 0 Å². The fourth-order valence-electron chi connectivity index (χ4n) is 1.29. The molecule has 0 atom stereocenters. The van der Waals surface area contributed by atoms with Crippen molar-refractivity contribution in [3.8, 4) is 11.5 Å². The molecule has 0 fully saturated rings. The topological polar surface area (TPSA) is 140 Å². The summed E-state index contributed by atoms with van der Waals surface area (Å²) in [6.07, 6.45) is 0. The average Bonchev–Trinajstić information content (AvgIpc) is 2.60. The van der Waals surface area contributed by atoms with E-state index in [1.54, 1.807) is 0 Å². The number of aromatic hydroxyl groups is 2. The van der Waals surface area contributed by atoms with Gasteiger partial charge in [0.25, 0.3) is 0 Å². The van der Waals surface area contributed by atoms with Crippen molar-refractivity contribution in [2.24, 2.45) is 10.2 Å². The third kappa shape index (κ3) is 3.18. The first-order valence-corrected chi connectivity index (χ1v) is 5.45. The van der Waals surface area contributed by atoms with E-state index in [0.717, 1.165) is 0 Å². The maximum atomic E-state index is 11.2. The van der Waals surface area contributed by atoms with Gasteiger partial charge in [0.2, 0.25) is 0 Å². The third-order valence-corrected chi connectivity index (χ3v) is 2.24. The predicted octanol–water partition coefficient (Wildman–Crippen LogP) is 2.91. The number of carbonyl (C=O) groups is 2. The van der Waals surface area contributed by atoms with E-state index in [1.165, 1.54) is 0 Å². The third-order valence-electron chi connectivity index (χ3n) is 2.24. The lowest BCUT2D eigenvalue weighted by Gasteiger charge is -2.01. The van der Waals surface area contributed by atoms with E-state index in [-0.39, 0.29) is 0 Å². The van der Waals surface area contributed by atoms with E-state index in [9.17, 15) is 19.8 Å². The predicted molar refractivity (Wildman–Crippen MR) is 74.3 cm³/mol. The van der Waals surface area contributed by atoms with Crippen LogP contribution < -0.4 is 0 Å². The number of benzene rings is 2. The highest BCUT2D eigenvalue weighted by atomic mass is 16.4. The van der Waals surface area contributed by atoms with Crippen molar-refractivity contribution in [1.82, 2.24) is 0 Å². The minimum atomic E-state index is -1.78. The monoisotopic (exact) mass is 308 g/mol. The molecule has 2 aromatic rings. The van der Waals surface area contributed by atoms with Gasteiger partial charge in [-0.2, -0.15) is 10.2 Å². The smallest absolute Gasteiger partial charge is 0.339 e. The molecule has 0 unspecified atom stereocenters. The molecule has 2 aromatic carbocycles. The lowest BCUT2D eigenvalue weighted by Crippen LogP contribution is -1.96. The number of azo groups is 1. The molecule has 0 aromatic heterocycles. The Morgan fingerprint density at radius 3 is 1.50 bits per heavy atom. The normalized spacial score (nSPS) is 14.5. The largest absolute Gasteiger partial charge is 0.507 e. The summed E-state index contributed by atoms with van der Waals surface area (Å²) in [6.45, 7) is 0. The van der Waals surface area contributed by atoms with Crippen molar-refractivity contribution in [2.45, 2.75) is 0 Å². The number of hydrogen-bond acceptors (Lipinski definition) is 6. The fraction of sp³-hybridized carbons (Fsp3) is 0. The molecule has 0 aliphatic carbocycles. The molecule has 112 valence electrons. The Labute approximate surface area is 132 Å². The lowest BCUT2D eigenvalue weighted by atomic mass is 10.2. The average molecular weight is 308 g/mol. The summed E-state index contributed by atoms with van der Waals surface area (Å²) in [4.78, 5) is 22.3.